The minimum absolute atomic E-state index is 0.0558. The van der Waals surface area contributed by atoms with Crippen LogP contribution in [0.5, 0.6) is 0 Å². The van der Waals surface area contributed by atoms with Crippen LogP contribution in [0.2, 0.25) is 0 Å². The van der Waals surface area contributed by atoms with Gasteiger partial charge in [0.25, 0.3) is 0 Å². The van der Waals surface area contributed by atoms with E-state index >= 15 is 0 Å². The first-order valence-corrected chi connectivity index (χ1v) is 10.3. The summed E-state index contributed by atoms with van der Waals surface area (Å²) < 4.78 is 7.28. The summed E-state index contributed by atoms with van der Waals surface area (Å²) in [6.45, 7) is 4.12. The minimum atomic E-state index is -1.01. The summed E-state index contributed by atoms with van der Waals surface area (Å²) >= 11 is 0. The number of carboxylic acid groups (broad SMARTS) is 1. The standard InChI is InChI=1S/C24H25N3O4/c1-15(2)27-13-16(12-25-27)22(11-23(28)29)26-24(30)31-14-21-19-9-5-3-7-17(19)18-8-4-6-10-20(18)21/h3-10,12-13,15,21-22H,11,14H2,1-2H3,(H,26,30)(H,28,29)/t22-/m1/s1. The molecule has 7 nitrogen and oxygen atoms in total. The number of hydrogen-bond donors (Lipinski definition) is 2. The number of ether oxygens (including phenoxy) is 1. The van der Waals surface area contributed by atoms with Crippen molar-refractivity contribution in [2.75, 3.05) is 6.61 Å². The molecule has 31 heavy (non-hydrogen) atoms. The quantitative estimate of drug-likeness (QED) is 0.587. The van der Waals surface area contributed by atoms with Gasteiger partial charge >= 0.3 is 12.1 Å². The number of aromatic nitrogens is 2. The third kappa shape index (κ3) is 4.30. The van der Waals surface area contributed by atoms with Crippen LogP contribution in [0, 0.1) is 0 Å². The third-order valence-corrected chi connectivity index (χ3v) is 5.57. The van der Waals surface area contributed by atoms with E-state index < -0.39 is 18.1 Å². The highest BCUT2D eigenvalue weighted by molar-refractivity contribution is 5.79. The van der Waals surface area contributed by atoms with Crippen molar-refractivity contribution in [2.24, 2.45) is 0 Å². The van der Waals surface area contributed by atoms with Crippen molar-refractivity contribution in [1.29, 1.82) is 0 Å². The normalized spacial score (nSPS) is 13.5. The van der Waals surface area contributed by atoms with Gasteiger partial charge in [0.1, 0.15) is 6.61 Å². The second kappa shape index (κ2) is 8.63. The number of amides is 1. The fourth-order valence-corrected chi connectivity index (χ4v) is 4.02. The van der Waals surface area contributed by atoms with Crippen molar-refractivity contribution in [3.63, 3.8) is 0 Å². The van der Waals surface area contributed by atoms with Crippen molar-refractivity contribution in [2.45, 2.75) is 38.3 Å². The summed E-state index contributed by atoms with van der Waals surface area (Å²) in [6.07, 6.45) is 2.43. The van der Waals surface area contributed by atoms with E-state index in [2.05, 4.69) is 34.7 Å². The molecule has 160 valence electrons. The molecule has 0 bridgehead atoms. The highest BCUT2D eigenvalue weighted by atomic mass is 16.5. The fraction of sp³-hybridized carbons (Fsp3) is 0.292. The Kier molecular flexibility index (Phi) is 5.75. The number of fused-ring (bicyclic) bond motifs is 3. The summed E-state index contributed by atoms with van der Waals surface area (Å²) in [7, 11) is 0. The highest BCUT2D eigenvalue weighted by Gasteiger charge is 2.29. The molecule has 0 fully saturated rings. The van der Waals surface area contributed by atoms with Gasteiger partial charge in [0.2, 0.25) is 0 Å². The van der Waals surface area contributed by atoms with Crippen LogP contribution in [0.1, 0.15) is 55.0 Å². The number of nitrogens with zero attached hydrogens (tertiary/aromatic N) is 2. The van der Waals surface area contributed by atoms with Gasteiger partial charge in [-0.3, -0.25) is 9.48 Å². The predicted octanol–water partition coefficient (Wildman–Crippen LogP) is 4.52. The van der Waals surface area contributed by atoms with Gasteiger partial charge in [0.15, 0.2) is 0 Å². The molecule has 1 atom stereocenters. The van der Waals surface area contributed by atoms with E-state index in [4.69, 9.17) is 4.74 Å². The van der Waals surface area contributed by atoms with E-state index in [1.807, 2.05) is 38.1 Å². The lowest BCUT2D eigenvalue weighted by molar-refractivity contribution is -0.137. The molecule has 2 N–H and O–H groups in total. The van der Waals surface area contributed by atoms with Crippen LogP contribution in [0.15, 0.2) is 60.9 Å². The zero-order valence-electron chi connectivity index (χ0n) is 17.5. The van der Waals surface area contributed by atoms with Crippen LogP contribution in [0.4, 0.5) is 4.79 Å². The van der Waals surface area contributed by atoms with Gasteiger partial charge in [-0.15, -0.1) is 0 Å². The Hall–Kier alpha value is -3.61. The number of carboxylic acids is 1. The first-order valence-electron chi connectivity index (χ1n) is 10.3. The summed E-state index contributed by atoms with van der Waals surface area (Å²) in [5.74, 6) is -1.07. The Balaban J connectivity index is 1.47. The number of aliphatic carboxylic acids is 1. The molecule has 0 unspecified atom stereocenters. The van der Waals surface area contributed by atoms with Gasteiger partial charge < -0.3 is 15.2 Å². The number of benzene rings is 2. The summed E-state index contributed by atoms with van der Waals surface area (Å²) in [5.41, 5.74) is 5.17. The Bertz CT molecular complexity index is 1060. The summed E-state index contributed by atoms with van der Waals surface area (Å²) in [6, 6.07) is 15.6. The maximum atomic E-state index is 12.6. The topological polar surface area (TPSA) is 93.5 Å². The molecule has 7 heteroatoms. The Morgan fingerprint density at radius 2 is 1.71 bits per heavy atom. The van der Waals surface area contributed by atoms with Crippen LogP contribution in [0.3, 0.4) is 0 Å². The van der Waals surface area contributed by atoms with Crippen LogP contribution in [-0.4, -0.2) is 33.6 Å². The van der Waals surface area contributed by atoms with Gasteiger partial charge in [-0.1, -0.05) is 48.5 Å². The number of hydrogen-bond acceptors (Lipinski definition) is 4. The number of carbonyl (C=O) groups is 2. The van der Waals surface area contributed by atoms with Gasteiger partial charge in [-0.05, 0) is 36.1 Å². The monoisotopic (exact) mass is 419 g/mol. The molecule has 1 heterocycles. The molecule has 1 aliphatic rings. The average molecular weight is 419 g/mol. The SMILES string of the molecule is CC(C)n1cc([C@@H](CC(=O)O)NC(=O)OCC2c3ccccc3-c3ccccc32)cn1. The maximum absolute atomic E-state index is 12.6. The van der Waals surface area contributed by atoms with Crippen molar-refractivity contribution < 1.29 is 19.4 Å². The van der Waals surface area contributed by atoms with Crippen molar-refractivity contribution >= 4 is 12.1 Å². The van der Waals surface area contributed by atoms with Crippen LogP contribution in [0.25, 0.3) is 11.1 Å². The molecule has 1 aromatic heterocycles. The number of rotatable bonds is 7. The Morgan fingerprint density at radius 1 is 1.10 bits per heavy atom. The predicted molar refractivity (Wildman–Crippen MR) is 116 cm³/mol. The highest BCUT2D eigenvalue weighted by Crippen LogP contribution is 2.44. The first kappa shape index (κ1) is 20.7. The van der Waals surface area contributed by atoms with E-state index in [9.17, 15) is 14.7 Å². The lowest BCUT2D eigenvalue weighted by atomic mass is 9.98. The molecular weight excluding hydrogens is 394 g/mol. The average Bonchev–Trinajstić information content (AvgIpc) is 3.35. The molecule has 3 aromatic rings. The van der Waals surface area contributed by atoms with E-state index in [0.717, 1.165) is 22.3 Å². The Labute approximate surface area is 180 Å². The van der Waals surface area contributed by atoms with Crippen molar-refractivity contribution in [3.8, 4) is 11.1 Å². The largest absolute Gasteiger partial charge is 0.481 e. The molecule has 0 radical (unpaired) electrons. The Morgan fingerprint density at radius 3 is 2.26 bits per heavy atom. The molecule has 0 spiro atoms. The van der Waals surface area contributed by atoms with Gasteiger partial charge in [-0.2, -0.15) is 5.10 Å². The molecule has 0 saturated heterocycles. The second-order valence-corrected chi connectivity index (χ2v) is 7.97. The third-order valence-electron chi connectivity index (χ3n) is 5.57. The van der Waals surface area contributed by atoms with Gasteiger partial charge in [0, 0.05) is 23.7 Å². The van der Waals surface area contributed by atoms with Gasteiger partial charge in [0.05, 0.1) is 18.7 Å². The van der Waals surface area contributed by atoms with Crippen LogP contribution in [-0.2, 0) is 9.53 Å². The van der Waals surface area contributed by atoms with Crippen molar-refractivity contribution in [3.05, 3.63) is 77.6 Å². The summed E-state index contributed by atoms with van der Waals surface area (Å²) in [5, 5.41) is 16.2. The zero-order chi connectivity index (χ0) is 22.0. The molecule has 2 aromatic carbocycles. The first-order chi connectivity index (χ1) is 14.9. The van der Waals surface area contributed by atoms with E-state index in [-0.39, 0.29) is 25.0 Å². The lowest BCUT2D eigenvalue weighted by Crippen LogP contribution is -2.31. The smallest absolute Gasteiger partial charge is 0.407 e. The molecular formula is C24H25N3O4. The maximum Gasteiger partial charge on any atom is 0.407 e. The number of nitrogens with one attached hydrogen (secondary N) is 1. The van der Waals surface area contributed by atoms with Crippen LogP contribution < -0.4 is 5.32 Å². The van der Waals surface area contributed by atoms with Crippen LogP contribution >= 0.6 is 0 Å². The molecule has 1 aliphatic carbocycles. The van der Waals surface area contributed by atoms with E-state index in [1.54, 1.807) is 17.1 Å². The molecule has 1 amide bonds. The lowest BCUT2D eigenvalue weighted by Gasteiger charge is -2.18. The number of carbonyl (C=O) groups excluding carboxylic acids is 1. The van der Waals surface area contributed by atoms with Gasteiger partial charge in [-0.25, -0.2) is 4.79 Å². The molecule has 0 saturated carbocycles. The van der Waals surface area contributed by atoms with E-state index in [0.29, 0.717) is 5.56 Å². The minimum Gasteiger partial charge on any atom is -0.481 e. The zero-order valence-corrected chi connectivity index (χ0v) is 17.5. The molecule has 0 aliphatic heterocycles. The molecule has 4 rings (SSSR count). The fourth-order valence-electron chi connectivity index (χ4n) is 4.02. The summed E-state index contributed by atoms with van der Waals surface area (Å²) in [4.78, 5) is 23.9. The van der Waals surface area contributed by atoms with E-state index in [1.165, 1.54) is 0 Å². The van der Waals surface area contributed by atoms with Crippen molar-refractivity contribution in [1.82, 2.24) is 15.1 Å². The number of alkyl carbamates (subject to hydrolysis) is 1. The second-order valence-electron chi connectivity index (χ2n) is 7.97.